The molecule has 0 fully saturated rings. The minimum absolute atomic E-state index is 0.162. The van der Waals surface area contributed by atoms with Gasteiger partial charge in [0.1, 0.15) is 15.6 Å². The number of ether oxygens (including phenoxy) is 1. The van der Waals surface area contributed by atoms with E-state index >= 15 is 0 Å². The zero-order valence-electron chi connectivity index (χ0n) is 10.3. The third kappa shape index (κ3) is 4.26. The van der Waals surface area contributed by atoms with Crippen LogP contribution < -0.4 is 10.5 Å². The van der Waals surface area contributed by atoms with E-state index in [0.717, 1.165) is 5.56 Å². The summed E-state index contributed by atoms with van der Waals surface area (Å²) < 4.78 is 28.0. The van der Waals surface area contributed by atoms with Crippen LogP contribution in [0.1, 0.15) is 18.9 Å². The first-order chi connectivity index (χ1) is 7.96. The molecule has 0 amide bonds. The Morgan fingerprint density at radius 1 is 1.35 bits per heavy atom. The molecule has 1 rings (SSSR count). The average molecular weight is 257 g/mol. The summed E-state index contributed by atoms with van der Waals surface area (Å²) >= 11 is 0. The number of nitrogens with two attached hydrogens (primary N) is 1. The number of sulfone groups is 1. The maximum absolute atomic E-state index is 11.3. The highest BCUT2D eigenvalue weighted by Gasteiger charge is 2.08. The second-order valence-electron chi connectivity index (χ2n) is 3.93. The molecule has 17 heavy (non-hydrogen) atoms. The zero-order chi connectivity index (χ0) is 12.9. The van der Waals surface area contributed by atoms with Crippen LogP contribution in [0.4, 0.5) is 5.69 Å². The van der Waals surface area contributed by atoms with E-state index in [4.69, 9.17) is 10.5 Å². The molecule has 0 bridgehead atoms. The Kier molecular flexibility index (Phi) is 4.81. The van der Waals surface area contributed by atoms with Crippen molar-refractivity contribution in [3.05, 3.63) is 23.8 Å². The molecule has 0 aliphatic heterocycles. The molecule has 0 saturated heterocycles. The summed E-state index contributed by atoms with van der Waals surface area (Å²) in [5.74, 6) is 0.996. The topological polar surface area (TPSA) is 69.4 Å². The maximum Gasteiger partial charge on any atom is 0.150 e. The van der Waals surface area contributed by atoms with E-state index in [1.807, 2.05) is 19.1 Å². The number of rotatable bonds is 6. The first-order valence-electron chi connectivity index (χ1n) is 5.64. The lowest BCUT2D eigenvalue weighted by atomic mass is 10.2. The van der Waals surface area contributed by atoms with Gasteiger partial charge in [0, 0.05) is 5.75 Å². The van der Waals surface area contributed by atoms with Gasteiger partial charge in [-0.3, -0.25) is 0 Å². The van der Waals surface area contributed by atoms with Gasteiger partial charge in [-0.05, 0) is 25.0 Å². The lowest BCUT2D eigenvalue weighted by Crippen LogP contribution is -2.12. The fraction of sp³-hybridized carbons (Fsp3) is 0.500. The Morgan fingerprint density at radius 3 is 2.65 bits per heavy atom. The number of para-hydroxylation sites is 1. The van der Waals surface area contributed by atoms with E-state index in [0.29, 0.717) is 24.5 Å². The van der Waals surface area contributed by atoms with E-state index in [1.54, 1.807) is 13.0 Å². The third-order valence-electron chi connectivity index (χ3n) is 2.53. The van der Waals surface area contributed by atoms with Crippen LogP contribution in [-0.2, 0) is 9.84 Å². The summed E-state index contributed by atoms with van der Waals surface area (Å²) in [5, 5.41) is 0. The molecule has 0 radical (unpaired) electrons. The van der Waals surface area contributed by atoms with Crippen molar-refractivity contribution in [3.63, 3.8) is 0 Å². The summed E-state index contributed by atoms with van der Waals surface area (Å²) in [7, 11) is -2.91. The van der Waals surface area contributed by atoms with Crippen LogP contribution in [-0.4, -0.2) is 26.5 Å². The number of aryl methyl sites for hydroxylation is 1. The van der Waals surface area contributed by atoms with Gasteiger partial charge in [-0.2, -0.15) is 0 Å². The van der Waals surface area contributed by atoms with E-state index in [-0.39, 0.29) is 11.5 Å². The Bertz CT molecular complexity index is 448. The van der Waals surface area contributed by atoms with Crippen LogP contribution in [0.2, 0.25) is 0 Å². The number of nitrogen functional groups attached to an aromatic ring is 1. The fourth-order valence-corrected chi connectivity index (χ4v) is 2.32. The quantitative estimate of drug-likeness (QED) is 0.623. The largest absolute Gasteiger partial charge is 0.491 e. The second-order valence-corrected chi connectivity index (χ2v) is 6.40. The van der Waals surface area contributed by atoms with Crippen LogP contribution in [0.25, 0.3) is 0 Å². The van der Waals surface area contributed by atoms with Gasteiger partial charge in [0.25, 0.3) is 0 Å². The minimum Gasteiger partial charge on any atom is -0.491 e. The van der Waals surface area contributed by atoms with E-state index in [1.165, 1.54) is 0 Å². The van der Waals surface area contributed by atoms with Crippen molar-refractivity contribution in [2.45, 2.75) is 20.3 Å². The molecule has 0 aromatic heterocycles. The van der Waals surface area contributed by atoms with Gasteiger partial charge >= 0.3 is 0 Å². The molecular formula is C12H19NO3S. The third-order valence-corrected chi connectivity index (χ3v) is 4.32. The summed E-state index contributed by atoms with van der Waals surface area (Å²) in [6.07, 6.45) is 0.490. The molecule has 0 heterocycles. The van der Waals surface area contributed by atoms with Gasteiger partial charge in [-0.15, -0.1) is 0 Å². The summed E-state index contributed by atoms with van der Waals surface area (Å²) in [6, 6.07) is 5.54. The van der Waals surface area contributed by atoms with Crippen LogP contribution in [0, 0.1) is 6.92 Å². The van der Waals surface area contributed by atoms with Gasteiger partial charge in [0.15, 0.2) is 0 Å². The second kappa shape index (κ2) is 5.91. The van der Waals surface area contributed by atoms with Crippen LogP contribution in [0.3, 0.4) is 0 Å². The molecule has 96 valence electrons. The van der Waals surface area contributed by atoms with Crippen molar-refractivity contribution >= 4 is 15.5 Å². The molecule has 0 atom stereocenters. The monoisotopic (exact) mass is 257 g/mol. The average Bonchev–Trinajstić information content (AvgIpc) is 2.27. The molecule has 0 spiro atoms. The predicted octanol–water partition coefficient (Wildman–Crippen LogP) is 1.78. The molecule has 2 N–H and O–H groups in total. The Hall–Kier alpha value is -1.23. The van der Waals surface area contributed by atoms with Crippen molar-refractivity contribution in [2.75, 3.05) is 23.8 Å². The molecule has 0 unspecified atom stereocenters. The predicted molar refractivity (Wildman–Crippen MR) is 70.0 cm³/mol. The van der Waals surface area contributed by atoms with Gasteiger partial charge < -0.3 is 10.5 Å². The Morgan fingerprint density at radius 2 is 2.06 bits per heavy atom. The lowest BCUT2D eigenvalue weighted by Gasteiger charge is -2.11. The highest BCUT2D eigenvalue weighted by molar-refractivity contribution is 7.91. The molecule has 5 heteroatoms. The van der Waals surface area contributed by atoms with Crippen molar-refractivity contribution in [3.8, 4) is 5.75 Å². The molecule has 1 aromatic carbocycles. The standard InChI is InChI=1S/C12H19NO3S/c1-3-17(14,15)9-5-8-16-12-10(2)6-4-7-11(12)13/h4,6-7H,3,5,8-9,13H2,1-2H3. The number of hydrogen-bond acceptors (Lipinski definition) is 4. The Balaban J connectivity index is 2.47. The smallest absolute Gasteiger partial charge is 0.150 e. The summed E-state index contributed by atoms with van der Waals surface area (Å²) in [5.41, 5.74) is 7.32. The number of hydrogen-bond donors (Lipinski definition) is 1. The van der Waals surface area contributed by atoms with Crippen LogP contribution >= 0.6 is 0 Å². The lowest BCUT2D eigenvalue weighted by molar-refractivity contribution is 0.317. The van der Waals surface area contributed by atoms with Gasteiger partial charge in [-0.1, -0.05) is 19.1 Å². The van der Waals surface area contributed by atoms with Crippen molar-refractivity contribution in [2.24, 2.45) is 0 Å². The van der Waals surface area contributed by atoms with Gasteiger partial charge in [0.2, 0.25) is 0 Å². The first kappa shape index (κ1) is 13.8. The van der Waals surface area contributed by atoms with Crippen LogP contribution in [0.15, 0.2) is 18.2 Å². The fourth-order valence-electron chi connectivity index (χ4n) is 1.47. The SMILES string of the molecule is CCS(=O)(=O)CCCOc1c(C)cccc1N. The van der Waals surface area contributed by atoms with Crippen LogP contribution in [0.5, 0.6) is 5.75 Å². The van der Waals surface area contributed by atoms with Gasteiger partial charge in [0.05, 0.1) is 18.0 Å². The van der Waals surface area contributed by atoms with Crippen molar-refractivity contribution in [1.82, 2.24) is 0 Å². The van der Waals surface area contributed by atoms with Gasteiger partial charge in [-0.25, -0.2) is 8.42 Å². The molecule has 1 aromatic rings. The molecule has 0 aliphatic carbocycles. The molecule has 0 aliphatic rings. The van der Waals surface area contributed by atoms with Crippen molar-refractivity contribution < 1.29 is 13.2 Å². The van der Waals surface area contributed by atoms with E-state index in [2.05, 4.69) is 0 Å². The highest BCUT2D eigenvalue weighted by Crippen LogP contribution is 2.25. The Labute approximate surface area is 103 Å². The van der Waals surface area contributed by atoms with E-state index in [9.17, 15) is 8.42 Å². The van der Waals surface area contributed by atoms with Crippen molar-refractivity contribution in [1.29, 1.82) is 0 Å². The normalized spacial score (nSPS) is 11.4. The highest BCUT2D eigenvalue weighted by atomic mass is 32.2. The maximum atomic E-state index is 11.3. The summed E-state index contributed by atoms with van der Waals surface area (Å²) in [6.45, 7) is 3.93. The zero-order valence-corrected chi connectivity index (χ0v) is 11.1. The summed E-state index contributed by atoms with van der Waals surface area (Å²) in [4.78, 5) is 0. The number of anilines is 1. The first-order valence-corrected chi connectivity index (χ1v) is 7.46. The molecular weight excluding hydrogens is 238 g/mol. The minimum atomic E-state index is -2.91. The van der Waals surface area contributed by atoms with E-state index < -0.39 is 9.84 Å². The molecule has 4 nitrogen and oxygen atoms in total. The number of benzene rings is 1. The molecule has 0 saturated carbocycles.